The highest BCUT2D eigenvalue weighted by atomic mass is 19.4. The SMILES string of the molecule is N#Cc1ccc(C2=Nn3c(-c4cnc(N)c(C(F)(F)F)c4)cnc3C2)cc1. The second kappa shape index (κ2) is 5.95. The highest BCUT2D eigenvalue weighted by molar-refractivity contribution is 6.03. The summed E-state index contributed by atoms with van der Waals surface area (Å²) in [5.74, 6) is 0.0314. The molecule has 1 aromatic carbocycles. The quantitative estimate of drug-likeness (QED) is 0.752. The van der Waals surface area contributed by atoms with E-state index >= 15 is 0 Å². The zero-order chi connectivity index (χ0) is 19.2. The van der Waals surface area contributed by atoms with E-state index in [2.05, 4.69) is 15.1 Å². The van der Waals surface area contributed by atoms with Crippen LogP contribution >= 0.6 is 0 Å². The van der Waals surface area contributed by atoms with Crippen LogP contribution in [0, 0.1) is 11.3 Å². The van der Waals surface area contributed by atoms with E-state index in [1.165, 1.54) is 17.1 Å². The third-order valence-corrected chi connectivity index (χ3v) is 4.22. The highest BCUT2D eigenvalue weighted by Crippen LogP contribution is 2.35. The monoisotopic (exact) mass is 368 g/mol. The Balaban J connectivity index is 1.74. The van der Waals surface area contributed by atoms with Crippen LogP contribution < -0.4 is 5.73 Å². The lowest BCUT2D eigenvalue weighted by Gasteiger charge is -2.11. The molecule has 3 heterocycles. The molecule has 27 heavy (non-hydrogen) atoms. The van der Waals surface area contributed by atoms with Crippen LogP contribution in [0.2, 0.25) is 0 Å². The number of nitrogens with two attached hydrogens (primary N) is 1. The standard InChI is InChI=1S/C18H11F3N6/c19-18(20,21)13-5-12(8-25-17(13)23)15-9-24-16-6-14(26-27(15)16)11-3-1-10(7-22)2-4-11/h1-5,8-9H,6H2,(H2,23,25). The number of benzene rings is 1. The summed E-state index contributed by atoms with van der Waals surface area (Å²) < 4.78 is 40.8. The van der Waals surface area contributed by atoms with Gasteiger partial charge in [0.25, 0.3) is 0 Å². The van der Waals surface area contributed by atoms with Gasteiger partial charge in [0.05, 0.1) is 41.2 Å². The summed E-state index contributed by atoms with van der Waals surface area (Å²) in [6, 6.07) is 9.90. The number of pyridine rings is 1. The summed E-state index contributed by atoms with van der Waals surface area (Å²) in [5, 5.41) is 13.4. The molecule has 0 saturated carbocycles. The summed E-state index contributed by atoms with van der Waals surface area (Å²) >= 11 is 0. The van der Waals surface area contributed by atoms with Crippen LogP contribution in [-0.4, -0.2) is 20.4 Å². The van der Waals surface area contributed by atoms with Crippen molar-refractivity contribution in [3.8, 4) is 17.3 Å². The lowest BCUT2D eigenvalue weighted by atomic mass is 10.1. The highest BCUT2D eigenvalue weighted by Gasteiger charge is 2.34. The normalized spacial score (nSPS) is 13.2. The van der Waals surface area contributed by atoms with Crippen LogP contribution in [0.1, 0.15) is 22.5 Å². The van der Waals surface area contributed by atoms with Gasteiger partial charge in [-0.05, 0) is 23.8 Å². The van der Waals surface area contributed by atoms with E-state index < -0.39 is 17.6 Å². The zero-order valence-electron chi connectivity index (χ0n) is 13.7. The van der Waals surface area contributed by atoms with Crippen molar-refractivity contribution in [1.82, 2.24) is 14.6 Å². The van der Waals surface area contributed by atoms with Gasteiger partial charge in [-0.1, -0.05) is 12.1 Å². The number of halogens is 3. The minimum atomic E-state index is -4.60. The Kier molecular flexibility index (Phi) is 3.70. The van der Waals surface area contributed by atoms with Crippen LogP contribution in [-0.2, 0) is 12.6 Å². The minimum absolute atomic E-state index is 0.222. The number of hydrogen-bond acceptors (Lipinski definition) is 5. The molecule has 0 bridgehead atoms. The van der Waals surface area contributed by atoms with Crippen LogP contribution in [0.25, 0.3) is 11.3 Å². The second-order valence-electron chi connectivity index (χ2n) is 5.94. The molecule has 2 aromatic heterocycles. The van der Waals surface area contributed by atoms with Crippen molar-refractivity contribution in [3.63, 3.8) is 0 Å². The average Bonchev–Trinajstić information content (AvgIpc) is 3.22. The largest absolute Gasteiger partial charge is 0.419 e. The lowest BCUT2D eigenvalue weighted by Crippen LogP contribution is -2.10. The third kappa shape index (κ3) is 2.91. The van der Waals surface area contributed by atoms with Gasteiger partial charge in [0, 0.05) is 11.8 Å². The Hall–Kier alpha value is -3.67. The van der Waals surface area contributed by atoms with Crippen molar-refractivity contribution < 1.29 is 13.2 Å². The van der Waals surface area contributed by atoms with E-state index in [0.29, 0.717) is 29.2 Å². The summed E-state index contributed by atoms with van der Waals surface area (Å²) in [4.78, 5) is 7.91. The summed E-state index contributed by atoms with van der Waals surface area (Å²) in [6.45, 7) is 0. The first-order chi connectivity index (χ1) is 12.9. The average molecular weight is 368 g/mol. The maximum Gasteiger partial charge on any atom is 0.419 e. The van der Waals surface area contributed by atoms with Gasteiger partial charge in [-0.25, -0.2) is 14.6 Å². The van der Waals surface area contributed by atoms with Gasteiger partial charge in [-0.15, -0.1) is 0 Å². The number of aromatic nitrogens is 3. The van der Waals surface area contributed by atoms with Gasteiger partial charge >= 0.3 is 6.18 Å². The fraction of sp³-hybridized carbons (Fsp3) is 0.111. The number of hydrogen-bond donors (Lipinski definition) is 1. The van der Waals surface area contributed by atoms with Gasteiger partial charge in [-0.2, -0.15) is 23.5 Å². The molecule has 2 N–H and O–H groups in total. The zero-order valence-corrected chi connectivity index (χ0v) is 13.7. The smallest absolute Gasteiger partial charge is 0.383 e. The Morgan fingerprint density at radius 1 is 1.07 bits per heavy atom. The molecule has 134 valence electrons. The molecule has 0 radical (unpaired) electrons. The van der Waals surface area contributed by atoms with Gasteiger partial charge in [-0.3, -0.25) is 0 Å². The number of alkyl halides is 3. The van der Waals surface area contributed by atoms with Crippen molar-refractivity contribution in [3.05, 3.63) is 65.2 Å². The van der Waals surface area contributed by atoms with Gasteiger partial charge < -0.3 is 5.73 Å². The summed E-state index contributed by atoms with van der Waals surface area (Å²) in [6.07, 6.45) is -1.44. The molecule has 6 nitrogen and oxygen atoms in total. The fourth-order valence-electron chi connectivity index (χ4n) is 2.86. The Bertz CT molecular complexity index is 1100. The third-order valence-electron chi connectivity index (χ3n) is 4.22. The molecule has 0 saturated heterocycles. The molecule has 1 aliphatic rings. The van der Waals surface area contributed by atoms with Crippen molar-refractivity contribution in [2.24, 2.45) is 5.10 Å². The number of nitrogen functional groups attached to an aromatic ring is 1. The molecule has 4 rings (SSSR count). The van der Waals surface area contributed by atoms with Crippen molar-refractivity contribution in [2.45, 2.75) is 12.6 Å². The van der Waals surface area contributed by atoms with Crippen LogP contribution in [0.4, 0.5) is 19.0 Å². The molecule has 0 atom stereocenters. The van der Waals surface area contributed by atoms with E-state index in [4.69, 9.17) is 11.0 Å². The molecular weight excluding hydrogens is 357 g/mol. The Morgan fingerprint density at radius 3 is 2.48 bits per heavy atom. The van der Waals surface area contributed by atoms with E-state index in [1.807, 2.05) is 6.07 Å². The maximum atomic E-state index is 13.1. The van der Waals surface area contributed by atoms with Crippen LogP contribution in [0.5, 0.6) is 0 Å². The summed E-state index contributed by atoms with van der Waals surface area (Å²) in [7, 11) is 0. The number of imidazole rings is 1. The molecule has 0 unspecified atom stereocenters. The van der Waals surface area contributed by atoms with Crippen molar-refractivity contribution in [2.75, 3.05) is 5.73 Å². The summed E-state index contributed by atoms with van der Waals surface area (Å²) in [5.41, 5.74) is 7.04. The first-order valence-electron chi connectivity index (χ1n) is 7.85. The molecule has 0 fully saturated rings. The fourth-order valence-corrected chi connectivity index (χ4v) is 2.86. The van der Waals surface area contributed by atoms with Gasteiger partial charge in [0.1, 0.15) is 11.6 Å². The first-order valence-corrected chi connectivity index (χ1v) is 7.85. The Labute approximate surface area is 151 Å². The number of fused-ring (bicyclic) bond motifs is 1. The number of anilines is 1. The second-order valence-corrected chi connectivity index (χ2v) is 5.94. The maximum absolute atomic E-state index is 13.1. The van der Waals surface area contributed by atoms with E-state index in [9.17, 15) is 13.2 Å². The van der Waals surface area contributed by atoms with Gasteiger partial charge in [0.15, 0.2) is 0 Å². The molecule has 1 aliphatic heterocycles. The minimum Gasteiger partial charge on any atom is -0.383 e. The van der Waals surface area contributed by atoms with E-state index in [0.717, 1.165) is 11.6 Å². The molecule has 0 amide bonds. The number of nitrogens with zero attached hydrogens (tertiary/aromatic N) is 5. The van der Waals surface area contributed by atoms with Gasteiger partial charge in [0.2, 0.25) is 0 Å². The number of rotatable bonds is 2. The lowest BCUT2D eigenvalue weighted by molar-refractivity contribution is -0.137. The topological polar surface area (TPSA) is 92.9 Å². The number of nitriles is 1. The molecule has 0 spiro atoms. The van der Waals surface area contributed by atoms with Crippen molar-refractivity contribution >= 4 is 11.5 Å². The predicted molar refractivity (Wildman–Crippen MR) is 91.7 cm³/mol. The van der Waals surface area contributed by atoms with E-state index in [-0.39, 0.29) is 5.56 Å². The Morgan fingerprint density at radius 2 is 1.81 bits per heavy atom. The first kappa shape index (κ1) is 16.8. The van der Waals surface area contributed by atoms with Crippen molar-refractivity contribution in [1.29, 1.82) is 5.26 Å². The molecule has 3 aromatic rings. The molecule has 0 aliphatic carbocycles. The predicted octanol–water partition coefficient (Wildman–Crippen LogP) is 3.23. The van der Waals surface area contributed by atoms with Crippen LogP contribution in [0.3, 0.4) is 0 Å². The van der Waals surface area contributed by atoms with E-state index in [1.54, 1.807) is 24.3 Å². The molecular formula is C18H11F3N6. The van der Waals surface area contributed by atoms with Crippen LogP contribution in [0.15, 0.2) is 47.8 Å². The molecule has 9 heteroatoms.